The van der Waals surface area contributed by atoms with E-state index < -0.39 is 5.82 Å². The fourth-order valence-electron chi connectivity index (χ4n) is 4.54. The van der Waals surface area contributed by atoms with Crippen molar-refractivity contribution in [3.05, 3.63) is 84.1 Å². The van der Waals surface area contributed by atoms with Gasteiger partial charge in [0.05, 0.1) is 48.3 Å². The predicted octanol–water partition coefficient (Wildman–Crippen LogP) is 3.89. The van der Waals surface area contributed by atoms with Crippen molar-refractivity contribution >= 4 is 23.5 Å². The van der Waals surface area contributed by atoms with Crippen molar-refractivity contribution in [3.8, 4) is 22.9 Å². The van der Waals surface area contributed by atoms with Crippen LogP contribution in [0.15, 0.2) is 72.1 Å². The monoisotopic (exact) mass is 542 g/mol. The third-order valence-electron chi connectivity index (χ3n) is 6.59. The molecule has 1 fully saturated rings. The molecule has 1 aromatic heterocycles. The molecule has 2 atom stereocenters. The van der Waals surface area contributed by atoms with E-state index >= 15 is 0 Å². The molecule has 0 spiro atoms. The van der Waals surface area contributed by atoms with E-state index in [0.717, 1.165) is 11.3 Å². The molecular weight excluding hydrogens is 511 g/mol. The number of halogens is 1. The summed E-state index contributed by atoms with van der Waals surface area (Å²) in [6.45, 7) is 3.18. The number of carbonyl (C=O) groups excluding carboxylic acids is 1. The number of amides is 1. The van der Waals surface area contributed by atoms with E-state index in [9.17, 15) is 19.6 Å². The number of nitriles is 1. The Morgan fingerprint density at radius 1 is 1.38 bits per heavy atom. The quantitative estimate of drug-likeness (QED) is 0.351. The fraction of sp³-hybridized carbons (Fsp3) is 0.267. The van der Waals surface area contributed by atoms with Crippen LogP contribution in [0.3, 0.4) is 0 Å². The maximum absolute atomic E-state index is 14.1. The van der Waals surface area contributed by atoms with Crippen LogP contribution in [0.1, 0.15) is 24.5 Å². The van der Waals surface area contributed by atoms with Gasteiger partial charge in [-0.1, -0.05) is 18.2 Å². The number of aliphatic imine (C=N–C) groups is 1. The number of benzene rings is 2. The van der Waals surface area contributed by atoms with Crippen LogP contribution in [-0.4, -0.2) is 61.1 Å². The van der Waals surface area contributed by atoms with Crippen molar-refractivity contribution in [2.45, 2.75) is 25.4 Å². The van der Waals surface area contributed by atoms with Gasteiger partial charge in [0.25, 0.3) is 0 Å². The molecular formula is C30H31FN6O3. The average molecular weight is 543 g/mol. The number of pyridine rings is 1. The third-order valence-corrected chi connectivity index (χ3v) is 6.59. The highest BCUT2D eigenvalue weighted by molar-refractivity contribution is 5.96. The molecule has 1 aliphatic rings. The number of aliphatic hydroxyl groups excluding tert-OH is 1. The van der Waals surface area contributed by atoms with Crippen molar-refractivity contribution < 1.29 is 19.0 Å². The van der Waals surface area contributed by atoms with Crippen LogP contribution in [-0.2, 0) is 4.79 Å². The summed E-state index contributed by atoms with van der Waals surface area (Å²) in [5.74, 6) is -0.365. The van der Waals surface area contributed by atoms with Crippen LogP contribution in [0.25, 0.3) is 11.1 Å². The molecule has 1 amide bonds. The molecule has 206 valence electrons. The molecule has 1 aliphatic heterocycles. The second-order valence-electron chi connectivity index (χ2n) is 9.33. The molecule has 3 N–H and O–H groups in total. The van der Waals surface area contributed by atoms with Gasteiger partial charge in [0, 0.05) is 55.9 Å². The van der Waals surface area contributed by atoms with Crippen LogP contribution in [0, 0.1) is 17.1 Å². The second-order valence-corrected chi connectivity index (χ2v) is 9.33. The minimum atomic E-state index is -0.457. The summed E-state index contributed by atoms with van der Waals surface area (Å²) >= 11 is 0. The number of piperazine rings is 1. The highest BCUT2D eigenvalue weighted by Gasteiger charge is 2.28. The SMILES string of the molecule is COc1cccc(F)c1/C=N/C=C\CC(=O)Nc1ccc(-c2cnccc2C#N)cc1N1C[C@H](C)NC[C@H]1CO. The maximum Gasteiger partial charge on any atom is 0.228 e. The smallest absolute Gasteiger partial charge is 0.228 e. The Morgan fingerprint density at radius 2 is 2.23 bits per heavy atom. The molecule has 10 heteroatoms. The zero-order chi connectivity index (χ0) is 28.5. The minimum absolute atomic E-state index is 0.0372. The van der Waals surface area contributed by atoms with Gasteiger partial charge in [-0.25, -0.2) is 4.39 Å². The summed E-state index contributed by atoms with van der Waals surface area (Å²) in [6, 6.07) is 13.9. The molecule has 4 rings (SSSR count). The second kappa shape index (κ2) is 13.5. The molecule has 1 saturated heterocycles. The molecule has 0 radical (unpaired) electrons. The first-order valence-electron chi connectivity index (χ1n) is 12.8. The van der Waals surface area contributed by atoms with Crippen LogP contribution in [0.5, 0.6) is 5.75 Å². The summed E-state index contributed by atoms with van der Waals surface area (Å²) in [4.78, 5) is 23.2. The van der Waals surface area contributed by atoms with E-state index in [0.29, 0.717) is 35.7 Å². The van der Waals surface area contributed by atoms with Gasteiger partial charge in [-0.2, -0.15) is 5.26 Å². The van der Waals surface area contributed by atoms with Crippen molar-refractivity contribution in [3.63, 3.8) is 0 Å². The Hall–Kier alpha value is -4.59. The molecule has 2 heterocycles. The maximum atomic E-state index is 14.1. The summed E-state index contributed by atoms with van der Waals surface area (Å²) in [6.07, 6.45) is 7.60. The number of hydrogen-bond acceptors (Lipinski definition) is 8. The van der Waals surface area contributed by atoms with Crippen molar-refractivity contribution in [2.24, 2.45) is 4.99 Å². The van der Waals surface area contributed by atoms with Crippen LogP contribution in [0.4, 0.5) is 15.8 Å². The van der Waals surface area contributed by atoms with Gasteiger partial charge in [-0.05, 0) is 42.8 Å². The van der Waals surface area contributed by atoms with Gasteiger partial charge in [-0.3, -0.25) is 14.8 Å². The Kier molecular flexibility index (Phi) is 9.57. The number of nitrogens with one attached hydrogen (secondary N) is 2. The normalized spacial score (nSPS) is 17.2. The highest BCUT2D eigenvalue weighted by atomic mass is 19.1. The number of aliphatic hydroxyl groups is 1. The largest absolute Gasteiger partial charge is 0.496 e. The molecule has 40 heavy (non-hydrogen) atoms. The lowest BCUT2D eigenvalue weighted by Crippen LogP contribution is -2.57. The van der Waals surface area contributed by atoms with Gasteiger partial charge in [0.2, 0.25) is 5.91 Å². The molecule has 9 nitrogen and oxygen atoms in total. The van der Waals surface area contributed by atoms with Crippen LogP contribution in [0.2, 0.25) is 0 Å². The van der Waals surface area contributed by atoms with Crippen molar-refractivity contribution in [2.75, 3.05) is 37.0 Å². The number of aromatic nitrogens is 1. The lowest BCUT2D eigenvalue weighted by Gasteiger charge is -2.41. The van der Waals surface area contributed by atoms with Gasteiger partial charge < -0.3 is 25.4 Å². The highest BCUT2D eigenvalue weighted by Crippen LogP contribution is 2.35. The Morgan fingerprint density at radius 3 is 3.00 bits per heavy atom. The number of nitrogens with zero attached hydrogens (tertiary/aromatic N) is 4. The number of anilines is 2. The number of hydrogen-bond donors (Lipinski definition) is 3. The topological polar surface area (TPSA) is 123 Å². The number of carbonyl (C=O) groups is 1. The number of methoxy groups -OCH3 is 1. The summed E-state index contributed by atoms with van der Waals surface area (Å²) < 4.78 is 19.2. The van der Waals surface area contributed by atoms with Crippen LogP contribution < -0.4 is 20.3 Å². The third kappa shape index (κ3) is 6.69. The predicted molar refractivity (Wildman–Crippen MR) is 153 cm³/mol. The Balaban J connectivity index is 1.56. The van der Waals surface area contributed by atoms with E-state index in [1.807, 2.05) is 12.1 Å². The number of rotatable bonds is 9. The summed E-state index contributed by atoms with van der Waals surface area (Å²) in [5.41, 5.74) is 3.49. The van der Waals surface area contributed by atoms with Crippen molar-refractivity contribution in [1.29, 1.82) is 5.26 Å². The van der Waals surface area contributed by atoms with Crippen molar-refractivity contribution in [1.82, 2.24) is 10.3 Å². The zero-order valence-electron chi connectivity index (χ0n) is 22.3. The molecule has 0 bridgehead atoms. The van der Waals surface area contributed by atoms with E-state index in [4.69, 9.17) is 4.74 Å². The summed E-state index contributed by atoms with van der Waals surface area (Å²) in [5, 5.41) is 26.0. The van der Waals surface area contributed by atoms with Gasteiger partial charge in [-0.15, -0.1) is 0 Å². The Bertz CT molecular complexity index is 1450. The molecule has 3 aromatic rings. The van der Waals surface area contributed by atoms with E-state index in [-0.39, 0.29) is 36.6 Å². The zero-order valence-corrected chi connectivity index (χ0v) is 22.3. The van der Waals surface area contributed by atoms with Gasteiger partial charge in [0.1, 0.15) is 11.6 Å². The number of ether oxygens (including phenoxy) is 1. The average Bonchev–Trinajstić information content (AvgIpc) is 2.97. The first-order chi connectivity index (χ1) is 19.4. The van der Waals surface area contributed by atoms with E-state index in [1.165, 1.54) is 25.6 Å². The van der Waals surface area contributed by atoms with E-state index in [1.54, 1.807) is 42.7 Å². The lowest BCUT2D eigenvalue weighted by atomic mass is 10.00. The van der Waals surface area contributed by atoms with E-state index in [2.05, 4.69) is 38.5 Å². The van der Waals surface area contributed by atoms with Gasteiger partial charge in [0.15, 0.2) is 0 Å². The van der Waals surface area contributed by atoms with Crippen LogP contribution >= 0.6 is 0 Å². The first kappa shape index (κ1) is 28.4. The minimum Gasteiger partial charge on any atom is -0.496 e. The first-order valence-corrected chi connectivity index (χ1v) is 12.8. The fourth-order valence-corrected chi connectivity index (χ4v) is 4.54. The van der Waals surface area contributed by atoms with Gasteiger partial charge >= 0.3 is 0 Å². The summed E-state index contributed by atoms with van der Waals surface area (Å²) in [7, 11) is 1.45. The molecule has 0 unspecified atom stereocenters. The molecule has 0 saturated carbocycles. The molecule has 0 aliphatic carbocycles. The lowest BCUT2D eigenvalue weighted by molar-refractivity contribution is -0.115. The Labute approximate surface area is 232 Å². The molecule has 2 aromatic carbocycles. The standard InChI is InChI=1S/C30H31FN6O3/c1-20-18-37(23(19-38)15-35-20)28-13-21(24-16-34-12-10-22(24)14-32)8-9-27(28)36-30(39)7-4-11-33-17-25-26(31)5-3-6-29(25)40-2/h3-6,8-13,16-17,20,23,35,38H,7,15,18-19H2,1-2H3,(H,36,39)/b11-4-,33-17+/t20-,23-/m0/s1.